The van der Waals surface area contributed by atoms with Crippen molar-refractivity contribution < 1.29 is 31.9 Å². The number of rotatable bonds is 5. The highest BCUT2D eigenvalue weighted by Gasteiger charge is 2.41. The Morgan fingerprint density at radius 2 is 1.68 bits per heavy atom. The topological polar surface area (TPSA) is 88.8 Å². The van der Waals surface area contributed by atoms with Gasteiger partial charge in [-0.15, -0.1) is 0 Å². The quantitative estimate of drug-likeness (QED) is 0.429. The van der Waals surface area contributed by atoms with E-state index in [0.29, 0.717) is 43.1 Å². The molecule has 37 heavy (non-hydrogen) atoms. The summed E-state index contributed by atoms with van der Waals surface area (Å²) < 4.78 is 51.0. The number of amides is 1. The number of alkyl halides is 3. The van der Waals surface area contributed by atoms with Gasteiger partial charge in [0, 0.05) is 44.4 Å². The number of ketones is 1. The van der Waals surface area contributed by atoms with Gasteiger partial charge in [-0.3, -0.25) is 4.79 Å². The van der Waals surface area contributed by atoms with Gasteiger partial charge in [0.05, 0.1) is 0 Å². The van der Waals surface area contributed by atoms with Crippen molar-refractivity contribution in [2.75, 3.05) is 31.1 Å². The fourth-order valence-electron chi connectivity index (χ4n) is 3.83. The third-order valence-electron chi connectivity index (χ3n) is 5.60. The molecule has 0 aliphatic carbocycles. The molecule has 0 saturated carbocycles. The SMILES string of the molecule is CC(C)(C)OC(=O)N1CCN(c2ccc(CC(=O)c3nc(-c4ccccc4)oc3C(F)(F)F)cn2)CC1. The van der Waals surface area contributed by atoms with Gasteiger partial charge < -0.3 is 19.0 Å². The maximum atomic E-state index is 13.6. The predicted molar refractivity (Wildman–Crippen MR) is 129 cm³/mol. The average Bonchev–Trinajstić information content (AvgIpc) is 3.31. The molecule has 1 amide bonds. The molecule has 1 aliphatic rings. The van der Waals surface area contributed by atoms with Crippen LogP contribution in [0.3, 0.4) is 0 Å². The number of carbonyl (C=O) groups is 2. The fraction of sp³-hybridized carbons (Fsp3) is 0.385. The van der Waals surface area contributed by atoms with E-state index in [1.165, 1.54) is 6.20 Å². The van der Waals surface area contributed by atoms with E-state index in [9.17, 15) is 22.8 Å². The standard InChI is InChI=1S/C26H27F3N4O4/c1-25(2,3)37-24(35)33-13-11-32(12-14-33)20-10-9-17(16-30-20)15-19(34)21-22(26(27,28)29)36-23(31-21)18-7-5-4-6-8-18/h4-10,16H,11-15H2,1-3H3. The third kappa shape index (κ3) is 6.46. The Labute approximate surface area is 212 Å². The second-order valence-electron chi connectivity index (χ2n) is 9.64. The van der Waals surface area contributed by atoms with E-state index in [1.807, 2.05) is 25.7 Å². The first-order valence-electron chi connectivity index (χ1n) is 11.7. The van der Waals surface area contributed by atoms with Gasteiger partial charge in [0.1, 0.15) is 11.4 Å². The van der Waals surface area contributed by atoms with Gasteiger partial charge in [0.15, 0.2) is 11.5 Å². The molecule has 0 unspecified atom stereocenters. The number of hydrogen-bond acceptors (Lipinski definition) is 7. The molecule has 0 atom stereocenters. The van der Waals surface area contributed by atoms with Crippen LogP contribution in [0.1, 0.15) is 42.6 Å². The highest BCUT2D eigenvalue weighted by Crippen LogP contribution is 2.35. The van der Waals surface area contributed by atoms with Crippen LogP contribution in [0.2, 0.25) is 0 Å². The minimum atomic E-state index is -4.87. The van der Waals surface area contributed by atoms with E-state index in [0.717, 1.165) is 0 Å². The van der Waals surface area contributed by atoms with Crippen molar-refractivity contribution in [2.24, 2.45) is 0 Å². The number of ether oxygens (including phenoxy) is 1. The Morgan fingerprint density at radius 3 is 2.24 bits per heavy atom. The Morgan fingerprint density at radius 1 is 1.00 bits per heavy atom. The molecule has 1 fully saturated rings. The number of piperazine rings is 1. The third-order valence-corrected chi connectivity index (χ3v) is 5.60. The highest BCUT2D eigenvalue weighted by molar-refractivity contribution is 5.97. The van der Waals surface area contributed by atoms with Gasteiger partial charge in [-0.05, 0) is 44.5 Å². The lowest BCUT2D eigenvalue weighted by atomic mass is 10.1. The number of benzene rings is 1. The second-order valence-corrected chi connectivity index (χ2v) is 9.64. The molecule has 3 heterocycles. The van der Waals surface area contributed by atoms with Crippen molar-refractivity contribution in [1.82, 2.24) is 14.9 Å². The van der Waals surface area contributed by atoms with E-state index in [4.69, 9.17) is 9.15 Å². The lowest BCUT2D eigenvalue weighted by Crippen LogP contribution is -2.50. The summed E-state index contributed by atoms with van der Waals surface area (Å²) in [6, 6.07) is 11.4. The van der Waals surface area contributed by atoms with Crippen LogP contribution in [-0.2, 0) is 17.3 Å². The van der Waals surface area contributed by atoms with Crippen molar-refractivity contribution in [3.63, 3.8) is 0 Å². The number of halogens is 3. The molecular formula is C26H27F3N4O4. The van der Waals surface area contributed by atoms with Gasteiger partial charge in [-0.25, -0.2) is 14.8 Å². The highest BCUT2D eigenvalue weighted by atomic mass is 19.4. The first-order chi connectivity index (χ1) is 17.4. The summed E-state index contributed by atoms with van der Waals surface area (Å²) in [6.07, 6.45) is -4.09. The molecule has 1 saturated heterocycles. The molecule has 1 aliphatic heterocycles. The minimum absolute atomic E-state index is 0.268. The van der Waals surface area contributed by atoms with Crippen LogP contribution >= 0.6 is 0 Å². The predicted octanol–water partition coefficient (Wildman–Crippen LogP) is 5.24. The lowest BCUT2D eigenvalue weighted by molar-refractivity contribution is -0.153. The molecule has 0 spiro atoms. The van der Waals surface area contributed by atoms with Gasteiger partial charge in [0.25, 0.3) is 0 Å². The van der Waals surface area contributed by atoms with E-state index in [-0.39, 0.29) is 18.4 Å². The molecule has 0 bridgehead atoms. The molecule has 8 nitrogen and oxygen atoms in total. The van der Waals surface area contributed by atoms with Crippen LogP contribution in [0.5, 0.6) is 0 Å². The zero-order chi connectivity index (χ0) is 26.8. The summed E-state index contributed by atoms with van der Waals surface area (Å²) in [5.74, 6) is -1.86. The molecule has 2 aromatic heterocycles. The Kier molecular flexibility index (Phi) is 7.24. The minimum Gasteiger partial charge on any atom is -0.444 e. The zero-order valence-electron chi connectivity index (χ0n) is 20.7. The monoisotopic (exact) mass is 516 g/mol. The summed E-state index contributed by atoms with van der Waals surface area (Å²) in [5, 5.41) is 0. The lowest BCUT2D eigenvalue weighted by Gasteiger charge is -2.36. The molecule has 0 N–H and O–H groups in total. The Bertz CT molecular complexity index is 1240. The van der Waals surface area contributed by atoms with Crippen LogP contribution in [0, 0.1) is 0 Å². The first-order valence-corrected chi connectivity index (χ1v) is 11.7. The summed E-state index contributed by atoms with van der Waals surface area (Å²) in [7, 11) is 0. The van der Waals surface area contributed by atoms with Crippen LogP contribution in [0.15, 0.2) is 53.1 Å². The number of anilines is 1. The number of Topliss-reactive ketones (excluding diaryl/α,β-unsaturated/α-hetero) is 1. The van der Waals surface area contributed by atoms with Gasteiger partial charge in [-0.2, -0.15) is 13.2 Å². The fourth-order valence-corrected chi connectivity index (χ4v) is 3.83. The molecule has 4 rings (SSSR count). The van der Waals surface area contributed by atoms with Crippen molar-refractivity contribution in [3.05, 3.63) is 65.7 Å². The van der Waals surface area contributed by atoms with Gasteiger partial charge in [-0.1, -0.05) is 24.3 Å². The van der Waals surface area contributed by atoms with E-state index in [1.54, 1.807) is 47.4 Å². The van der Waals surface area contributed by atoms with Gasteiger partial charge in [0.2, 0.25) is 11.7 Å². The largest absolute Gasteiger partial charge is 0.452 e. The van der Waals surface area contributed by atoms with Crippen LogP contribution in [0.4, 0.5) is 23.8 Å². The maximum absolute atomic E-state index is 13.6. The number of hydrogen-bond donors (Lipinski definition) is 0. The number of aromatic nitrogens is 2. The van der Waals surface area contributed by atoms with Crippen molar-refractivity contribution in [3.8, 4) is 11.5 Å². The zero-order valence-corrected chi connectivity index (χ0v) is 20.7. The molecule has 1 aromatic carbocycles. The van der Waals surface area contributed by atoms with E-state index in [2.05, 4.69) is 9.97 Å². The van der Waals surface area contributed by atoms with Crippen LogP contribution < -0.4 is 4.90 Å². The van der Waals surface area contributed by atoms with Gasteiger partial charge >= 0.3 is 12.3 Å². The molecule has 3 aromatic rings. The summed E-state index contributed by atoms with van der Waals surface area (Å²) in [5.41, 5.74) is -0.545. The number of pyridine rings is 1. The maximum Gasteiger partial charge on any atom is 0.452 e. The molecule has 196 valence electrons. The second kappa shape index (κ2) is 10.2. The number of oxazole rings is 1. The van der Waals surface area contributed by atoms with Crippen molar-refractivity contribution >= 4 is 17.7 Å². The summed E-state index contributed by atoms with van der Waals surface area (Å²) in [6.45, 7) is 7.45. The summed E-state index contributed by atoms with van der Waals surface area (Å²) >= 11 is 0. The molecule has 0 radical (unpaired) electrons. The molecular weight excluding hydrogens is 489 g/mol. The Balaban J connectivity index is 1.42. The van der Waals surface area contributed by atoms with Crippen molar-refractivity contribution in [1.29, 1.82) is 0 Å². The Hall–Kier alpha value is -3.89. The number of carbonyl (C=O) groups excluding carboxylic acids is 2. The van der Waals surface area contributed by atoms with Crippen molar-refractivity contribution in [2.45, 2.75) is 39.0 Å². The normalized spacial score (nSPS) is 14.5. The average molecular weight is 517 g/mol. The van der Waals surface area contributed by atoms with E-state index < -0.39 is 29.0 Å². The smallest absolute Gasteiger partial charge is 0.444 e. The van der Waals surface area contributed by atoms with E-state index >= 15 is 0 Å². The van der Waals surface area contributed by atoms with Crippen LogP contribution in [-0.4, -0.2) is 58.5 Å². The molecule has 11 heteroatoms. The number of nitrogens with zero attached hydrogens (tertiary/aromatic N) is 4. The summed E-state index contributed by atoms with van der Waals surface area (Å²) in [4.78, 5) is 36.9. The first kappa shape index (κ1) is 26.2. The van der Waals surface area contributed by atoms with Crippen LogP contribution in [0.25, 0.3) is 11.5 Å².